The lowest BCUT2D eigenvalue weighted by molar-refractivity contribution is -0.384. The van der Waals surface area contributed by atoms with Crippen molar-refractivity contribution in [3.05, 3.63) is 57.8 Å². The Morgan fingerprint density at radius 2 is 1.85 bits per heavy atom. The lowest BCUT2D eigenvalue weighted by Crippen LogP contribution is -2.54. The minimum Gasteiger partial charge on any atom is -0.443 e. The summed E-state index contributed by atoms with van der Waals surface area (Å²) in [6.45, 7) is 16.6. The number of nitro groups is 1. The molecule has 0 radical (unpaired) electrons. The van der Waals surface area contributed by atoms with Gasteiger partial charge < -0.3 is 23.8 Å². The molecule has 11 nitrogen and oxygen atoms in total. The number of carbonyl (C=O) groups excluding carboxylic acids is 1. The summed E-state index contributed by atoms with van der Waals surface area (Å²) in [7, 11) is -0.632. The highest BCUT2D eigenvalue weighted by Crippen LogP contribution is 2.39. The molecule has 1 aliphatic heterocycles. The molecule has 1 amide bonds. The number of nitro benzene ring substituents is 1. The Morgan fingerprint density at radius 1 is 1.18 bits per heavy atom. The van der Waals surface area contributed by atoms with Gasteiger partial charge in [0.1, 0.15) is 19.5 Å². The normalized spacial score (nSPS) is 15.8. The van der Waals surface area contributed by atoms with E-state index < -0.39 is 30.1 Å². The predicted molar refractivity (Wildman–Crippen MR) is 156 cm³/mol. The summed E-state index contributed by atoms with van der Waals surface area (Å²) in [5.74, 6) is 0.333. The number of non-ortho nitro benzene ring substituents is 1. The van der Waals surface area contributed by atoms with Gasteiger partial charge >= 0.3 is 6.09 Å². The van der Waals surface area contributed by atoms with Gasteiger partial charge in [-0.15, -0.1) is 0 Å². The molecule has 0 N–H and O–H groups in total. The second-order valence-corrected chi connectivity index (χ2v) is 16.8. The lowest BCUT2D eigenvalue weighted by atomic mass is 10.1. The number of aromatic nitrogens is 1. The van der Waals surface area contributed by atoms with Crippen LogP contribution < -0.4 is 9.80 Å². The maximum atomic E-state index is 13.7. The van der Waals surface area contributed by atoms with E-state index in [9.17, 15) is 14.9 Å². The number of morpholine rings is 1. The molecule has 0 spiro atoms. The van der Waals surface area contributed by atoms with Gasteiger partial charge in [-0.25, -0.2) is 9.78 Å². The summed E-state index contributed by atoms with van der Waals surface area (Å²) in [6, 6.07) is 10.0. The first-order chi connectivity index (χ1) is 18.7. The van der Waals surface area contributed by atoms with Crippen LogP contribution in [0.4, 0.5) is 22.0 Å². The maximum absolute atomic E-state index is 13.7. The molecule has 3 rings (SSSR count). The van der Waals surface area contributed by atoms with Crippen molar-refractivity contribution in [2.24, 2.45) is 0 Å². The average Bonchev–Trinajstić information content (AvgIpc) is 2.89. The Labute approximate surface area is 237 Å². The van der Waals surface area contributed by atoms with Crippen LogP contribution in [0, 0.1) is 10.1 Å². The van der Waals surface area contributed by atoms with Gasteiger partial charge in [0.15, 0.2) is 5.41 Å². The van der Waals surface area contributed by atoms with Gasteiger partial charge in [-0.3, -0.25) is 15.0 Å². The lowest BCUT2D eigenvalue weighted by Gasteiger charge is -2.42. The van der Waals surface area contributed by atoms with Crippen LogP contribution in [0.3, 0.4) is 0 Å². The Morgan fingerprint density at radius 3 is 2.40 bits per heavy atom. The smallest absolute Gasteiger partial charge is 0.416 e. The number of benzene rings is 1. The highest BCUT2D eigenvalue weighted by atomic mass is 28.3. The predicted octanol–water partition coefficient (Wildman–Crippen LogP) is 5.48. The van der Waals surface area contributed by atoms with E-state index >= 15 is 0 Å². The number of rotatable bonds is 10. The van der Waals surface area contributed by atoms with Crippen LogP contribution in [-0.2, 0) is 30.9 Å². The average molecular weight is 575 g/mol. The second-order valence-electron chi connectivity index (χ2n) is 11.7. The van der Waals surface area contributed by atoms with Gasteiger partial charge in [-0.2, -0.15) is 0 Å². The standard InChI is InChI=1S/C28H42N4O7Si/c1-9-38-28(36-5,40(6,7)8)24-18-23(30-13-15-37-16-14-30)19-25(29-24)31(26(33)39-27(2,3)4)20-21-11-10-12-22(17-21)32(34)35/h10-12,17-19H,9,13-16,20H2,1-8H3. The van der Waals surface area contributed by atoms with E-state index in [1.54, 1.807) is 40.0 Å². The van der Waals surface area contributed by atoms with Crippen LogP contribution in [0.5, 0.6) is 0 Å². The molecular weight excluding hydrogens is 532 g/mol. The monoisotopic (exact) mass is 574 g/mol. The number of carbonyl (C=O) groups is 1. The quantitative estimate of drug-likeness (QED) is 0.157. The van der Waals surface area contributed by atoms with Gasteiger partial charge in [-0.05, 0) is 39.3 Å². The van der Waals surface area contributed by atoms with Crippen molar-refractivity contribution in [3.63, 3.8) is 0 Å². The number of nitrogens with zero attached hydrogens (tertiary/aromatic N) is 4. The van der Waals surface area contributed by atoms with Crippen LogP contribution in [-0.4, -0.2) is 69.7 Å². The van der Waals surface area contributed by atoms with Gasteiger partial charge in [0.05, 0.1) is 30.4 Å². The number of pyridine rings is 1. The molecule has 1 fully saturated rings. The van der Waals surface area contributed by atoms with Crippen molar-refractivity contribution < 1.29 is 28.7 Å². The first-order valence-corrected chi connectivity index (χ1v) is 17.0. The van der Waals surface area contributed by atoms with Crippen molar-refractivity contribution in [1.82, 2.24) is 4.98 Å². The highest BCUT2D eigenvalue weighted by molar-refractivity contribution is 6.78. The van der Waals surface area contributed by atoms with Crippen molar-refractivity contribution in [2.45, 2.75) is 64.9 Å². The largest absolute Gasteiger partial charge is 0.443 e. The molecule has 1 aromatic carbocycles. The molecule has 0 bridgehead atoms. The van der Waals surface area contributed by atoms with E-state index in [0.29, 0.717) is 50.0 Å². The Kier molecular flexibility index (Phi) is 9.93. The summed E-state index contributed by atoms with van der Waals surface area (Å²) in [6.07, 6.45) is -0.621. The van der Waals surface area contributed by atoms with E-state index in [2.05, 4.69) is 24.5 Å². The van der Waals surface area contributed by atoms with Crippen LogP contribution in [0.15, 0.2) is 36.4 Å². The third-order valence-corrected chi connectivity index (χ3v) is 9.06. The summed E-state index contributed by atoms with van der Waals surface area (Å²) in [5.41, 5.74) is 0.0314. The minimum absolute atomic E-state index is 0.0111. The Balaban J connectivity index is 2.24. The number of ether oxygens (including phenoxy) is 4. The van der Waals surface area contributed by atoms with Crippen molar-refractivity contribution in [2.75, 3.05) is 49.8 Å². The van der Waals surface area contributed by atoms with Gasteiger partial charge in [0.2, 0.25) is 0 Å². The molecule has 40 heavy (non-hydrogen) atoms. The van der Waals surface area contributed by atoms with Gasteiger partial charge in [-0.1, -0.05) is 31.8 Å². The molecule has 1 aromatic heterocycles. The molecule has 12 heteroatoms. The first-order valence-electron chi connectivity index (χ1n) is 13.5. The molecular formula is C28H42N4O7Si. The molecule has 2 aromatic rings. The second kappa shape index (κ2) is 12.6. The first kappa shape index (κ1) is 31.5. The molecule has 1 unspecified atom stereocenters. The zero-order valence-electron chi connectivity index (χ0n) is 24.9. The maximum Gasteiger partial charge on any atom is 0.416 e. The topological polar surface area (TPSA) is 116 Å². The number of hydrogen-bond donors (Lipinski definition) is 0. The fraction of sp³-hybridized carbons (Fsp3) is 0.571. The molecule has 1 aliphatic rings. The third kappa shape index (κ3) is 7.36. The molecule has 0 aliphatic carbocycles. The van der Waals surface area contributed by atoms with E-state index in [-0.39, 0.29) is 12.2 Å². The molecule has 220 valence electrons. The number of hydrogen-bond acceptors (Lipinski definition) is 9. The van der Waals surface area contributed by atoms with Crippen LogP contribution in [0.25, 0.3) is 0 Å². The SMILES string of the molecule is CCOC(OC)(c1cc(N2CCOCC2)cc(N(Cc2cccc([N+](=O)[O-])c2)C(=O)OC(C)(C)C)n1)[Si](C)(C)C. The summed E-state index contributed by atoms with van der Waals surface area (Å²) in [4.78, 5) is 33.2. The molecule has 1 atom stereocenters. The third-order valence-electron chi connectivity index (χ3n) is 6.48. The van der Waals surface area contributed by atoms with Gasteiger partial charge in [0.25, 0.3) is 5.69 Å². The van der Waals surface area contributed by atoms with E-state index in [4.69, 9.17) is 23.9 Å². The van der Waals surface area contributed by atoms with E-state index in [0.717, 1.165) is 5.69 Å². The van der Waals surface area contributed by atoms with E-state index in [1.165, 1.54) is 17.0 Å². The Hall–Kier alpha value is -3.06. The fourth-order valence-electron chi connectivity index (χ4n) is 4.67. The number of anilines is 2. The van der Waals surface area contributed by atoms with E-state index in [1.807, 2.05) is 19.1 Å². The highest BCUT2D eigenvalue weighted by Gasteiger charge is 2.48. The number of methoxy groups -OCH3 is 1. The zero-order chi connectivity index (χ0) is 29.7. The van der Waals surface area contributed by atoms with Crippen molar-refractivity contribution >= 4 is 31.4 Å². The summed E-state index contributed by atoms with van der Waals surface area (Å²) in [5, 5.41) is 11.4. The van der Waals surface area contributed by atoms with Crippen molar-refractivity contribution in [1.29, 1.82) is 0 Å². The van der Waals surface area contributed by atoms with Crippen LogP contribution in [0.2, 0.25) is 19.6 Å². The number of amides is 1. The molecule has 2 heterocycles. The zero-order valence-corrected chi connectivity index (χ0v) is 25.9. The van der Waals surface area contributed by atoms with Gasteiger partial charge in [0, 0.05) is 50.7 Å². The summed E-state index contributed by atoms with van der Waals surface area (Å²) >= 11 is 0. The molecule has 1 saturated heterocycles. The Bertz CT molecular complexity index is 1190. The fourth-order valence-corrected chi connectivity index (χ4v) is 6.75. The van der Waals surface area contributed by atoms with Crippen LogP contribution >= 0.6 is 0 Å². The summed E-state index contributed by atoms with van der Waals surface area (Å²) < 4.78 is 23.8. The minimum atomic E-state index is -2.25. The van der Waals surface area contributed by atoms with Crippen LogP contribution in [0.1, 0.15) is 39.0 Å². The van der Waals surface area contributed by atoms with Crippen molar-refractivity contribution in [3.8, 4) is 0 Å². The molecule has 0 saturated carbocycles.